The lowest BCUT2D eigenvalue weighted by molar-refractivity contribution is -0.141. The van der Waals surface area contributed by atoms with Crippen LogP contribution in [0.3, 0.4) is 0 Å². The van der Waals surface area contributed by atoms with Gasteiger partial charge in [-0.25, -0.2) is 9.97 Å². The van der Waals surface area contributed by atoms with Gasteiger partial charge in [0.05, 0.1) is 0 Å². The van der Waals surface area contributed by atoms with Crippen LogP contribution >= 0.6 is 0 Å². The van der Waals surface area contributed by atoms with E-state index in [-0.39, 0.29) is 5.82 Å². The fourth-order valence-electron chi connectivity index (χ4n) is 3.34. The minimum Gasteiger partial charge on any atom is -0.356 e. The fraction of sp³-hybridized carbons (Fsp3) is 0.471. The van der Waals surface area contributed by atoms with Gasteiger partial charge in [-0.2, -0.15) is 13.2 Å². The van der Waals surface area contributed by atoms with Gasteiger partial charge in [-0.1, -0.05) is 6.07 Å². The van der Waals surface area contributed by atoms with Crippen molar-refractivity contribution in [3.63, 3.8) is 0 Å². The van der Waals surface area contributed by atoms with Crippen molar-refractivity contribution in [3.8, 4) is 11.5 Å². The number of nitrogens with zero attached hydrogens (tertiary/aromatic N) is 4. The number of hydrogen-bond acceptors (Lipinski definition) is 4. The molecule has 0 aromatic carbocycles. The van der Waals surface area contributed by atoms with Gasteiger partial charge in [-0.3, -0.25) is 4.98 Å². The predicted octanol–water partition coefficient (Wildman–Crippen LogP) is 3.94. The first-order valence-electron chi connectivity index (χ1n) is 8.08. The van der Waals surface area contributed by atoms with Crippen LogP contribution < -0.4 is 4.90 Å². The van der Waals surface area contributed by atoms with E-state index in [1.807, 2.05) is 4.90 Å². The number of anilines is 1. The molecule has 2 aliphatic rings. The van der Waals surface area contributed by atoms with E-state index in [4.69, 9.17) is 0 Å². The molecular formula is C17H17F3N4. The first kappa shape index (κ1) is 15.4. The summed E-state index contributed by atoms with van der Waals surface area (Å²) in [5.74, 6) is 0.375. The quantitative estimate of drug-likeness (QED) is 0.834. The zero-order valence-electron chi connectivity index (χ0n) is 13.1. The lowest BCUT2D eigenvalue weighted by Crippen LogP contribution is -2.37. The second kappa shape index (κ2) is 5.43. The van der Waals surface area contributed by atoms with Crippen LogP contribution in [-0.4, -0.2) is 28.0 Å². The number of halogens is 3. The number of alkyl halides is 3. The molecule has 0 N–H and O–H groups in total. The molecule has 0 radical (unpaired) electrons. The number of hydrogen-bond donors (Lipinski definition) is 0. The Morgan fingerprint density at radius 2 is 1.92 bits per heavy atom. The minimum absolute atomic E-state index is 0.0239. The van der Waals surface area contributed by atoms with E-state index in [9.17, 15) is 13.2 Å². The van der Waals surface area contributed by atoms with Crippen molar-refractivity contribution in [1.29, 1.82) is 0 Å². The maximum atomic E-state index is 13.3. The van der Waals surface area contributed by atoms with Crippen LogP contribution in [-0.2, 0) is 6.18 Å². The highest BCUT2D eigenvalue weighted by Crippen LogP contribution is 2.52. The lowest BCUT2D eigenvalue weighted by Gasteiger charge is -2.34. The lowest BCUT2D eigenvalue weighted by atomic mass is 9.95. The van der Waals surface area contributed by atoms with E-state index in [2.05, 4.69) is 15.0 Å². The van der Waals surface area contributed by atoms with Gasteiger partial charge >= 0.3 is 6.18 Å². The second-order valence-corrected chi connectivity index (χ2v) is 6.67. The summed E-state index contributed by atoms with van der Waals surface area (Å²) < 4.78 is 39.8. The van der Waals surface area contributed by atoms with Crippen molar-refractivity contribution in [2.24, 2.45) is 5.41 Å². The Kier molecular flexibility index (Phi) is 3.47. The Hall–Kier alpha value is -2.18. The average Bonchev–Trinajstić information content (AvgIpc) is 3.33. The second-order valence-electron chi connectivity index (χ2n) is 6.67. The Labute approximate surface area is 137 Å². The molecule has 1 saturated carbocycles. The summed E-state index contributed by atoms with van der Waals surface area (Å²) >= 11 is 0. The van der Waals surface area contributed by atoms with Crippen molar-refractivity contribution >= 4 is 5.82 Å². The van der Waals surface area contributed by atoms with Crippen LogP contribution in [0.4, 0.5) is 19.0 Å². The van der Waals surface area contributed by atoms with E-state index in [1.165, 1.54) is 6.20 Å². The predicted molar refractivity (Wildman–Crippen MR) is 83.4 cm³/mol. The van der Waals surface area contributed by atoms with Crippen molar-refractivity contribution in [2.45, 2.75) is 31.9 Å². The SMILES string of the molecule is FC(F)(F)c1cc(N2CCCC3(CC3)C2)nc(-c2ccccn2)n1. The molecule has 0 atom stereocenters. The Bertz CT molecular complexity index is 741. The Morgan fingerprint density at radius 1 is 1.08 bits per heavy atom. The van der Waals surface area contributed by atoms with E-state index >= 15 is 0 Å². The summed E-state index contributed by atoms with van der Waals surface area (Å²) in [5, 5.41) is 0. The molecule has 0 unspecified atom stereocenters. The van der Waals surface area contributed by atoms with Gasteiger partial charge in [0.15, 0.2) is 11.5 Å². The molecule has 7 heteroatoms. The summed E-state index contributed by atoms with van der Waals surface area (Å²) in [5.41, 5.74) is -0.265. The third-order valence-electron chi connectivity index (χ3n) is 4.84. The van der Waals surface area contributed by atoms with E-state index in [0.29, 0.717) is 16.9 Å². The van der Waals surface area contributed by atoms with E-state index < -0.39 is 11.9 Å². The van der Waals surface area contributed by atoms with Gasteiger partial charge in [0.2, 0.25) is 0 Å². The van der Waals surface area contributed by atoms with Crippen molar-refractivity contribution < 1.29 is 13.2 Å². The van der Waals surface area contributed by atoms with E-state index in [1.54, 1.807) is 18.2 Å². The molecule has 1 spiro atoms. The summed E-state index contributed by atoms with van der Waals surface area (Å²) in [7, 11) is 0. The Morgan fingerprint density at radius 3 is 2.58 bits per heavy atom. The van der Waals surface area contributed by atoms with Gasteiger partial charge in [-0.05, 0) is 43.2 Å². The van der Waals surface area contributed by atoms with Crippen molar-refractivity contribution in [2.75, 3.05) is 18.0 Å². The molecule has 4 rings (SSSR count). The summed E-state index contributed by atoms with van der Waals surface area (Å²) in [4.78, 5) is 14.1. The van der Waals surface area contributed by atoms with Crippen molar-refractivity contribution in [1.82, 2.24) is 15.0 Å². The highest BCUT2D eigenvalue weighted by molar-refractivity contribution is 5.54. The van der Waals surface area contributed by atoms with E-state index in [0.717, 1.165) is 44.8 Å². The van der Waals surface area contributed by atoms with Crippen LogP contribution in [0.1, 0.15) is 31.4 Å². The molecular weight excluding hydrogens is 317 g/mol. The molecule has 0 amide bonds. The molecule has 126 valence electrons. The smallest absolute Gasteiger partial charge is 0.356 e. The topological polar surface area (TPSA) is 41.9 Å². The summed E-state index contributed by atoms with van der Waals surface area (Å²) in [6.45, 7) is 1.51. The molecule has 3 heterocycles. The number of piperidine rings is 1. The average molecular weight is 334 g/mol. The Balaban J connectivity index is 1.75. The zero-order valence-corrected chi connectivity index (χ0v) is 13.1. The monoisotopic (exact) mass is 334 g/mol. The molecule has 2 aromatic heterocycles. The highest BCUT2D eigenvalue weighted by Gasteiger charge is 2.46. The van der Waals surface area contributed by atoms with Crippen LogP contribution in [0.5, 0.6) is 0 Å². The normalized spacial score (nSPS) is 19.5. The first-order valence-corrected chi connectivity index (χ1v) is 8.08. The standard InChI is InChI=1S/C17H17F3N4/c18-17(19,20)13-10-14(24-9-3-5-16(11-24)6-7-16)23-15(22-13)12-4-1-2-8-21-12/h1-2,4,8,10H,3,5-7,9,11H2. The zero-order chi connectivity index (χ0) is 16.8. The largest absolute Gasteiger partial charge is 0.433 e. The van der Waals surface area contributed by atoms with Crippen LogP contribution in [0.25, 0.3) is 11.5 Å². The molecule has 1 aliphatic heterocycles. The highest BCUT2D eigenvalue weighted by atomic mass is 19.4. The maximum absolute atomic E-state index is 13.3. The molecule has 2 aromatic rings. The first-order chi connectivity index (χ1) is 11.5. The van der Waals surface area contributed by atoms with Gasteiger partial charge < -0.3 is 4.90 Å². The molecule has 2 fully saturated rings. The van der Waals surface area contributed by atoms with Gasteiger partial charge in [-0.15, -0.1) is 0 Å². The molecule has 4 nitrogen and oxygen atoms in total. The van der Waals surface area contributed by atoms with Crippen LogP contribution in [0.15, 0.2) is 30.5 Å². The third kappa shape index (κ3) is 2.95. The summed E-state index contributed by atoms with van der Waals surface area (Å²) in [6, 6.07) is 6.11. The van der Waals surface area contributed by atoms with Crippen LogP contribution in [0, 0.1) is 5.41 Å². The molecule has 1 saturated heterocycles. The van der Waals surface area contributed by atoms with Crippen LogP contribution in [0.2, 0.25) is 0 Å². The maximum Gasteiger partial charge on any atom is 0.433 e. The minimum atomic E-state index is -4.51. The van der Waals surface area contributed by atoms with Gasteiger partial charge in [0.1, 0.15) is 11.5 Å². The van der Waals surface area contributed by atoms with Crippen molar-refractivity contribution in [3.05, 3.63) is 36.2 Å². The molecule has 1 aliphatic carbocycles. The molecule has 0 bridgehead atoms. The third-order valence-corrected chi connectivity index (χ3v) is 4.84. The molecule has 24 heavy (non-hydrogen) atoms. The number of rotatable bonds is 2. The van der Waals surface area contributed by atoms with Gasteiger partial charge in [0, 0.05) is 25.4 Å². The van der Waals surface area contributed by atoms with Gasteiger partial charge in [0.25, 0.3) is 0 Å². The fourth-order valence-corrected chi connectivity index (χ4v) is 3.34. The summed E-state index contributed by atoms with van der Waals surface area (Å²) in [6.07, 6.45) is 1.49. The number of aromatic nitrogens is 3. The number of pyridine rings is 1.